The third-order valence-corrected chi connectivity index (χ3v) is 4.62. The van der Waals surface area contributed by atoms with Gasteiger partial charge in [-0.25, -0.2) is 0 Å². The number of carbonyl (C=O) groups excluding carboxylic acids is 1. The van der Waals surface area contributed by atoms with Gasteiger partial charge in [-0.2, -0.15) is 0 Å². The fourth-order valence-corrected chi connectivity index (χ4v) is 3.49. The van der Waals surface area contributed by atoms with Crippen molar-refractivity contribution in [2.45, 2.75) is 19.0 Å². The average Bonchev–Trinajstić information content (AvgIpc) is 2.52. The fraction of sp³-hybridized carbons (Fsp3) is 0.375. The minimum absolute atomic E-state index is 0. The summed E-state index contributed by atoms with van der Waals surface area (Å²) in [6.45, 7) is 3.39. The molecule has 2 aliphatic heterocycles. The molecule has 2 N–H and O–H groups in total. The SMILES string of the molecule is C[C@@H]1CN2c3c(c(=O)n(C)c4ccccc34)NC(=O)[C@H]2CN1.Cl. The van der Waals surface area contributed by atoms with Crippen LogP contribution in [0.25, 0.3) is 10.9 Å². The molecule has 6 nitrogen and oxygen atoms in total. The number of fused-ring (bicyclic) bond motifs is 5. The maximum Gasteiger partial charge on any atom is 0.276 e. The van der Waals surface area contributed by atoms with Crippen LogP contribution in [-0.4, -0.2) is 35.6 Å². The predicted octanol–water partition coefficient (Wildman–Crippen LogP) is 1.08. The lowest BCUT2D eigenvalue weighted by Gasteiger charge is -2.44. The Kier molecular flexibility index (Phi) is 3.82. The largest absolute Gasteiger partial charge is 0.355 e. The zero-order valence-corrected chi connectivity index (χ0v) is 13.8. The van der Waals surface area contributed by atoms with Crippen LogP contribution in [0.15, 0.2) is 29.1 Å². The molecule has 0 bridgehead atoms. The molecule has 7 heteroatoms. The van der Waals surface area contributed by atoms with E-state index in [4.69, 9.17) is 0 Å². The number of carbonyl (C=O) groups is 1. The van der Waals surface area contributed by atoms with E-state index in [1.54, 1.807) is 11.6 Å². The van der Waals surface area contributed by atoms with E-state index >= 15 is 0 Å². The number of aromatic nitrogens is 1. The van der Waals surface area contributed by atoms with Crippen LogP contribution in [0.5, 0.6) is 0 Å². The van der Waals surface area contributed by atoms with Crippen LogP contribution >= 0.6 is 12.4 Å². The molecule has 1 fully saturated rings. The molecule has 2 aliphatic rings. The third-order valence-electron chi connectivity index (χ3n) is 4.62. The molecule has 0 saturated carbocycles. The number of amides is 1. The van der Waals surface area contributed by atoms with Gasteiger partial charge in [0.25, 0.3) is 5.56 Å². The van der Waals surface area contributed by atoms with Gasteiger partial charge in [0.2, 0.25) is 5.91 Å². The first-order chi connectivity index (χ1) is 10.6. The normalized spacial score (nSPS) is 22.9. The number of nitrogens with zero attached hydrogens (tertiary/aromatic N) is 2. The predicted molar refractivity (Wildman–Crippen MR) is 93.7 cm³/mol. The summed E-state index contributed by atoms with van der Waals surface area (Å²) in [5.41, 5.74) is 1.98. The molecule has 1 amide bonds. The number of hydrogen-bond acceptors (Lipinski definition) is 4. The smallest absolute Gasteiger partial charge is 0.276 e. The number of pyridine rings is 1. The Hall–Kier alpha value is -2.05. The highest BCUT2D eigenvalue weighted by atomic mass is 35.5. The van der Waals surface area contributed by atoms with Crippen LogP contribution < -0.4 is 21.1 Å². The highest BCUT2D eigenvalue weighted by Crippen LogP contribution is 2.37. The van der Waals surface area contributed by atoms with E-state index in [1.807, 2.05) is 24.3 Å². The van der Waals surface area contributed by atoms with Crippen molar-refractivity contribution in [3.63, 3.8) is 0 Å². The van der Waals surface area contributed by atoms with Crippen LogP contribution in [-0.2, 0) is 11.8 Å². The van der Waals surface area contributed by atoms with Crippen LogP contribution in [0.2, 0.25) is 0 Å². The van der Waals surface area contributed by atoms with Crippen molar-refractivity contribution >= 4 is 40.6 Å². The lowest BCUT2D eigenvalue weighted by Crippen LogP contribution is -2.62. The van der Waals surface area contributed by atoms with E-state index in [0.29, 0.717) is 18.8 Å². The van der Waals surface area contributed by atoms with Crippen molar-refractivity contribution in [3.8, 4) is 0 Å². The number of halogens is 1. The van der Waals surface area contributed by atoms with E-state index in [9.17, 15) is 9.59 Å². The number of nitrogens with one attached hydrogen (secondary N) is 2. The first-order valence-corrected chi connectivity index (χ1v) is 7.50. The summed E-state index contributed by atoms with van der Waals surface area (Å²) in [5.74, 6) is -0.112. The summed E-state index contributed by atoms with van der Waals surface area (Å²) in [4.78, 5) is 27.1. The first kappa shape index (κ1) is 15.8. The Morgan fingerprint density at radius 1 is 1.22 bits per heavy atom. The van der Waals surface area contributed by atoms with Gasteiger partial charge < -0.3 is 20.1 Å². The molecular formula is C16H19ClN4O2. The number of benzene rings is 1. The molecule has 2 aromatic rings. The Balaban J connectivity index is 0.00000156. The van der Waals surface area contributed by atoms with Crippen LogP contribution in [0.1, 0.15) is 6.92 Å². The van der Waals surface area contributed by atoms with Gasteiger partial charge >= 0.3 is 0 Å². The number of para-hydroxylation sites is 1. The minimum atomic E-state index is -0.265. The summed E-state index contributed by atoms with van der Waals surface area (Å²) in [7, 11) is 1.74. The maximum absolute atomic E-state index is 12.6. The summed E-state index contributed by atoms with van der Waals surface area (Å²) in [6, 6.07) is 7.84. The molecular weight excluding hydrogens is 316 g/mol. The number of piperazine rings is 1. The lowest BCUT2D eigenvalue weighted by atomic mass is 10.0. The third kappa shape index (κ3) is 2.21. The highest BCUT2D eigenvalue weighted by molar-refractivity contribution is 6.10. The Labute approximate surface area is 139 Å². The molecule has 3 heterocycles. The molecule has 0 spiro atoms. The van der Waals surface area contributed by atoms with Gasteiger partial charge in [-0.3, -0.25) is 9.59 Å². The van der Waals surface area contributed by atoms with E-state index in [2.05, 4.69) is 22.5 Å². The monoisotopic (exact) mass is 334 g/mol. The Bertz CT molecular complexity index is 848. The average molecular weight is 335 g/mol. The van der Waals surface area contributed by atoms with Crippen LogP contribution in [0.3, 0.4) is 0 Å². The van der Waals surface area contributed by atoms with E-state index in [-0.39, 0.29) is 36.0 Å². The van der Waals surface area contributed by atoms with E-state index < -0.39 is 0 Å². The molecule has 0 unspecified atom stereocenters. The van der Waals surface area contributed by atoms with Crippen LogP contribution in [0, 0.1) is 0 Å². The quantitative estimate of drug-likeness (QED) is 0.756. The topological polar surface area (TPSA) is 66.4 Å². The summed E-state index contributed by atoms with van der Waals surface area (Å²) in [6.07, 6.45) is 0. The molecule has 4 rings (SSSR count). The Morgan fingerprint density at radius 3 is 2.74 bits per heavy atom. The van der Waals surface area contributed by atoms with Crippen LogP contribution in [0.4, 0.5) is 11.4 Å². The van der Waals surface area contributed by atoms with Crippen molar-refractivity contribution < 1.29 is 4.79 Å². The molecule has 0 aliphatic carbocycles. The van der Waals surface area contributed by atoms with Gasteiger partial charge in [-0.1, -0.05) is 18.2 Å². The Morgan fingerprint density at radius 2 is 1.96 bits per heavy atom. The standard InChI is InChI=1S/C16H18N4O2.ClH/c1-9-8-20-12(7-17-9)15(21)18-13-14(20)10-5-3-4-6-11(10)19(2)16(13)22;/h3-6,9,12,17H,7-8H2,1-2H3,(H,18,21);1H/t9-,12-;/m1./s1. The number of hydrogen-bond donors (Lipinski definition) is 2. The van der Waals surface area contributed by atoms with Crippen molar-refractivity contribution in [3.05, 3.63) is 34.6 Å². The van der Waals surface area contributed by atoms with Crippen molar-refractivity contribution in [2.75, 3.05) is 23.3 Å². The minimum Gasteiger partial charge on any atom is -0.355 e. The lowest BCUT2D eigenvalue weighted by molar-refractivity contribution is -0.117. The second-order valence-corrected chi connectivity index (χ2v) is 6.07. The molecule has 1 aromatic carbocycles. The number of aryl methyl sites for hydroxylation is 1. The van der Waals surface area contributed by atoms with Gasteiger partial charge in [-0.15, -0.1) is 12.4 Å². The van der Waals surface area contributed by atoms with Gasteiger partial charge in [0.15, 0.2) is 0 Å². The second-order valence-electron chi connectivity index (χ2n) is 6.07. The highest BCUT2D eigenvalue weighted by Gasteiger charge is 2.39. The molecule has 23 heavy (non-hydrogen) atoms. The van der Waals surface area contributed by atoms with Gasteiger partial charge in [0.05, 0.1) is 11.2 Å². The maximum atomic E-state index is 12.6. The van der Waals surface area contributed by atoms with E-state index in [1.165, 1.54) is 0 Å². The van der Waals surface area contributed by atoms with Crippen molar-refractivity contribution in [1.29, 1.82) is 0 Å². The zero-order valence-electron chi connectivity index (χ0n) is 13.0. The first-order valence-electron chi connectivity index (χ1n) is 7.50. The van der Waals surface area contributed by atoms with Gasteiger partial charge in [-0.05, 0) is 13.0 Å². The molecule has 1 aromatic heterocycles. The van der Waals surface area contributed by atoms with Gasteiger partial charge in [0, 0.05) is 31.6 Å². The fourth-order valence-electron chi connectivity index (χ4n) is 3.49. The molecule has 1 saturated heterocycles. The van der Waals surface area contributed by atoms with Crippen molar-refractivity contribution in [2.24, 2.45) is 7.05 Å². The molecule has 122 valence electrons. The van der Waals surface area contributed by atoms with Gasteiger partial charge in [0.1, 0.15) is 11.7 Å². The number of anilines is 2. The number of rotatable bonds is 0. The summed E-state index contributed by atoms with van der Waals surface area (Å²) >= 11 is 0. The summed E-state index contributed by atoms with van der Waals surface area (Å²) < 4.78 is 1.60. The van der Waals surface area contributed by atoms with Crippen molar-refractivity contribution in [1.82, 2.24) is 9.88 Å². The summed E-state index contributed by atoms with van der Waals surface area (Å²) in [5, 5.41) is 7.15. The molecule has 0 radical (unpaired) electrons. The second kappa shape index (κ2) is 5.54. The molecule has 2 atom stereocenters. The van der Waals surface area contributed by atoms with E-state index in [0.717, 1.165) is 16.6 Å². The zero-order chi connectivity index (χ0) is 15.4.